The Morgan fingerprint density at radius 1 is 1.04 bits per heavy atom. The Kier molecular flexibility index (Phi) is 6.55. The number of quaternary nitrogens is 1. The average molecular weight is 376 g/mol. The maximum Gasteiger partial charge on any atom is 0.309 e. The molecule has 148 valence electrons. The number of rotatable bonds is 5. The summed E-state index contributed by atoms with van der Waals surface area (Å²) >= 11 is 0. The first kappa shape index (κ1) is 19.5. The van der Waals surface area contributed by atoms with E-state index in [9.17, 15) is 9.59 Å². The number of carbonyl (C=O) groups excluding carboxylic acids is 2. The molecule has 1 aromatic carbocycles. The fourth-order valence-electron chi connectivity index (χ4n) is 3.94. The second-order valence-corrected chi connectivity index (χ2v) is 7.29. The van der Waals surface area contributed by atoms with Gasteiger partial charge in [-0.1, -0.05) is 0 Å². The normalized spacial score (nSPS) is 23.0. The molecule has 27 heavy (non-hydrogen) atoms. The van der Waals surface area contributed by atoms with Crippen molar-refractivity contribution < 1.29 is 24.0 Å². The van der Waals surface area contributed by atoms with Crippen molar-refractivity contribution in [1.82, 2.24) is 4.90 Å². The number of nitrogens with zero attached hydrogens (tertiary/aromatic N) is 2. The number of nitrogens with one attached hydrogen (secondary N) is 1. The number of esters is 1. The molecule has 2 saturated heterocycles. The van der Waals surface area contributed by atoms with Gasteiger partial charge in [-0.15, -0.1) is 0 Å². The van der Waals surface area contributed by atoms with Crippen molar-refractivity contribution in [2.75, 3.05) is 64.9 Å². The Labute approximate surface area is 160 Å². The second kappa shape index (κ2) is 9.08. The maximum atomic E-state index is 12.6. The number of carbonyl (C=O) groups is 2. The van der Waals surface area contributed by atoms with E-state index in [0.29, 0.717) is 6.54 Å². The Morgan fingerprint density at radius 2 is 1.67 bits per heavy atom. The van der Waals surface area contributed by atoms with Gasteiger partial charge in [0.25, 0.3) is 5.91 Å². The lowest BCUT2D eigenvalue weighted by Gasteiger charge is -2.37. The largest absolute Gasteiger partial charge is 0.497 e. The standard InChI is InChI=1S/C20H29N3O4/c1-26-18-5-3-17(4-6-18)22-11-13-23(14-12-22)19(24)15-21-9-7-16(8-10-21)20(25)27-2/h3-6,16H,7-15H2,1-2H3/p+1. The zero-order valence-electron chi connectivity index (χ0n) is 16.3. The van der Waals surface area contributed by atoms with Gasteiger partial charge in [-0.05, 0) is 24.3 Å². The molecule has 0 bridgehead atoms. The first-order valence-corrected chi connectivity index (χ1v) is 9.69. The van der Waals surface area contributed by atoms with Gasteiger partial charge in [0.05, 0.1) is 33.2 Å². The molecule has 7 heteroatoms. The van der Waals surface area contributed by atoms with Crippen LogP contribution in [0.4, 0.5) is 5.69 Å². The quantitative estimate of drug-likeness (QED) is 0.722. The van der Waals surface area contributed by atoms with Crippen LogP contribution in [0.2, 0.25) is 0 Å². The number of ether oxygens (including phenoxy) is 2. The summed E-state index contributed by atoms with van der Waals surface area (Å²) in [4.78, 5) is 29.8. The molecule has 0 unspecified atom stereocenters. The van der Waals surface area contributed by atoms with Gasteiger partial charge in [0, 0.05) is 44.7 Å². The Balaban J connectivity index is 1.43. The van der Waals surface area contributed by atoms with E-state index in [2.05, 4.69) is 17.0 Å². The number of piperidine rings is 1. The molecule has 0 aliphatic carbocycles. The number of anilines is 1. The van der Waals surface area contributed by atoms with Crippen molar-refractivity contribution in [2.24, 2.45) is 5.92 Å². The number of amides is 1. The van der Waals surface area contributed by atoms with E-state index >= 15 is 0 Å². The lowest BCUT2D eigenvalue weighted by atomic mass is 9.97. The van der Waals surface area contributed by atoms with Crippen molar-refractivity contribution in [3.63, 3.8) is 0 Å². The van der Waals surface area contributed by atoms with Gasteiger partial charge >= 0.3 is 5.97 Å². The molecule has 2 fully saturated rings. The van der Waals surface area contributed by atoms with E-state index in [-0.39, 0.29) is 17.8 Å². The van der Waals surface area contributed by atoms with Gasteiger partial charge in [0.1, 0.15) is 5.75 Å². The molecule has 2 aliphatic heterocycles. The fourth-order valence-corrected chi connectivity index (χ4v) is 3.94. The number of methoxy groups -OCH3 is 2. The van der Waals surface area contributed by atoms with Crippen LogP contribution in [0.1, 0.15) is 12.8 Å². The fraction of sp³-hybridized carbons (Fsp3) is 0.600. The minimum atomic E-state index is -0.116. The summed E-state index contributed by atoms with van der Waals surface area (Å²) in [6.45, 7) is 5.44. The van der Waals surface area contributed by atoms with E-state index in [1.165, 1.54) is 17.7 Å². The summed E-state index contributed by atoms with van der Waals surface area (Å²) in [6.07, 6.45) is 1.61. The number of hydrogen-bond donors (Lipinski definition) is 1. The third-order valence-corrected chi connectivity index (χ3v) is 5.70. The van der Waals surface area contributed by atoms with Gasteiger partial charge in [-0.3, -0.25) is 9.59 Å². The molecule has 7 nitrogen and oxygen atoms in total. The van der Waals surface area contributed by atoms with Crippen molar-refractivity contribution in [3.05, 3.63) is 24.3 Å². The molecule has 0 spiro atoms. The Bertz CT molecular complexity index is 633. The third-order valence-electron chi connectivity index (χ3n) is 5.70. The molecule has 0 saturated carbocycles. The molecule has 2 heterocycles. The average Bonchev–Trinajstić information content (AvgIpc) is 2.74. The van der Waals surface area contributed by atoms with Crippen LogP contribution in [0.15, 0.2) is 24.3 Å². The minimum absolute atomic E-state index is 0.00175. The monoisotopic (exact) mass is 376 g/mol. The predicted molar refractivity (Wildman–Crippen MR) is 102 cm³/mol. The van der Waals surface area contributed by atoms with Gasteiger partial charge in [-0.25, -0.2) is 0 Å². The van der Waals surface area contributed by atoms with Crippen LogP contribution in [0.25, 0.3) is 0 Å². The van der Waals surface area contributed by atoms with E-state index in [1.54, 1.807) is 7.11 Å². The number of piperazine rings is 1. The van der Waals surface area contributed by atoms with Crippen molar-refractivity contribution >= 4 is 17.6 Å². The summed E-state index contributed by atoms with van der Waals surface area (Å²) in [6, 6.07) is 8.06. The highest BCUT2D eigenvalue weighted by Crippen LogP contribution is 2.20. The van der Waals surface area contributed by atoms with Crippen LogP contribution in [-0.2, 0) is 14.3 Å². The zero-order chi connectivity index (χ0) is 19.2. The molecule has 1 N–H and O–H groups in total. The van der Waals surface area contributed by atoms with Crippen LogP contribution in [0.3, 0.4) is 0 Å². The number of likely N-dealkylation sites (tertiary alicyclic amines) is 1. The summed E-state index contributed by atoms with van der Waals surface area (Å²) in [5.74, 6) is 0.958. The molecule has 0 aromatic heterocycles. The molecular formula is C20H30N3O4+. The van der Waals surface area contributed by atoms with Crippen molar-refractivity contribution in [3.8, 4) is 5.75 Å². The van der Waals surface area contributed by atoms with Gasteiger partial charge in [0.2, 0.25) is 0 Å². The van der Waals surface area contributed by atoms with Gasteiger partial charge < -0.3 is 24.2 Å². The highest BCUT2D eigenvalue weighted by atomic mass is 16.5. The molecular weight excluding hydrogens is 346 g/mol. The van der Waals surface area contributed by atoms with Crippen LogP contribution < -0.4 is 14.5 Å². The van der Waals surface area contributed by atoms with Gasteiger partial charge in [-0.2, -0.15) is 0 Å². The number of benzene rings is 1. The summed E-state index contributed by atoms with van der Waals surface area (Å²) in [7, 11) is 3.11. The Morgan fingerprint density at radius 3 is 2.22 bits per heavy atom. The second-order valence-electron chi connectivity index (χ2n) is 7.29. The summed E-state index contributed by atoms with van der Waals surface area (Å²) in [5.41, 5.74) is 1.17. The molecule has 1 amide bonds. The molecule has 2 aliphatic rings. The smallest absolute Gasteiger partial charge is 0.309 e. The van der Waals surface area contributed by atoms with E-state index in [1.807, 2.05) is 17.0 Å². The first-order chi connectivity index (χ1) is 13.1. The maximum absolute atomic E-state index is 12.6. The highest BCUT2D eigenvalue weighted by molar-refractivity contribution is 5.77. The summed E-state index contributed by atoms with van der Waals surface area (Å²) in [5, 5.41) is 0. The molecule has 0 atom stereocenters. The molecule has 1 aromatic rings. The Hall–Kier alpha value is -2.28. The summed E-state index contributed by atoms with van der Waals surface area (Å²) < 4.78 is 10.0. The number of hydrogen-bond acceptors (Lipinski definition) is 5. The highest BCUT2D eigenvalue weighted by Gasteiger charge is 2.31. The van der Waals surface area contributed by atoms with E-state index < -0.39 is 0 Å². The minimum Gasteiger partial charge on any atom is -0.497 e. The lowest BCUT2D eigenvalue weighted by Crippen LogP contribution is -3.14. The SMILES string of the molecule is COC(=O)C1CC[NH+](CC(=O)N2CCN(c3ccc(OC)cc3)CC2)CC1. The first-order valence-electron chi connectivity index (χ1n) is 9.69. The van der Waals surface area contributed by atoms with E-state index in [4.69, 9.17) is 9.47 Å². The predicted octanol–water partition coefficient (Wildman–Crippen LogP) is -0.188. The van der Waals surface area contributed by atoms with Crippen LogP contribution in [0, 0.1) is 5.92 Å². The van der Waals surface area contributed by atoms with Gasteiger partial charge in [0.15, 0.2) is 6.54 Å². The van der Waals surface area contributed by atoms with Crippen molar-refractivity contribution in [1.29, 1.82) is 0 Å². The molecule has 3 rings (SSSR count). The molecule has 0 radical (unpaired) electrons. The van der Waals surface area contributed by atoms with Crippen molar-refractivity contribution in [2.45, 2.75) is 12.8 Å². The van der Waals surface area contributed by atoms with Crippen LogP contribution in [-0.4, -0.2) is 76.8 Å². The van der Waals surface area contributed by atoms with Crippen LogP contribution >= 0.6 is 0 Å². The topological polar surface area (TPSA) is 63.5 Å². The lowest BCUT2D eigenvalue weighted by molar-refractivity contribution is -0.898. The third kappa shape index (κ3) is 4.91. The zero-order valence-corrected chi connectivity index (χ0v) is 16.3. The van der Waals surface area contributed by atoms with Crippen LogP contribution in [0.5, 0.6) is 5.75 Å². The van der Waals surface area contributed by atoms with E-state index in [0.717, 1.165) is 57.9 Å².